The first-order valence-corrected chi connectivity index (χ1v) is 7.75. The Morgan fingerprint density at radius 3 is 2.70 bits per heavy atom. The number of rotatable bonds is 7. The molecule has 112 valence electrons. The molecule has 0 radical (unpaired) electrons. The highest BCUT2D eigenvalue weighted by Gasteiger charge is 2.20. The molecule has 1 rings (SSSR count). The minimum absolute atomic E-state index is 0.0394. The summed E-state index contributed by atoms with van der Waals surface area (Å²) in [7, 11) is -3.97. The highest BCUT2D eigenvalue weighted by atomic mass is 35.5. The van der Waals surface area contributed by atoms with Crippen LogP contribution in [0.5, 0.6) is 0 Å². The first kappa shape index (κ1) is 16.9. The van der Waals surface area contributed by atoms with E-state index in [1.165, 1.54) is 6.07 Å². The van der Waals surface area contributed by atoms with E-state index >= 15 is 0 Å². The smallest absolute Gasteiger partial charge is 0.303 e. The number of sulfonamides is 1. The van der Waals surface area contributed by atoms with E-state index in [-0.39, 0.29) is 23.9 Å². The highest BCUT2D eigenvalue weighted by molar-refractivity contribution is 7.89. The number of hydrogen-bond donors (Lipinski definition) is 2. The van der Waals surface area contributed by atoms with Gasteiger partial charge in [-0.1, -0.05) is 18.5 Å². The Bertz CT molecular complexity index is 591. The quantitative estimate of drug-likeness (QED) is 0.806. The van der Waals surface area contributed by atoms with Crippen molar-refractivity contribution < 1.29 is 22.7 Å². The summed E-state index contributed by atoms with van der Waals surface area (Å²) >= 11 is 5.55. The van der Waals surface area contributed by atoms with Gasteiger partial charge in [0.15, 0.2) is 0 Å². The summed E-state index contributed by atoms with van der Waals surface area (Å²) in [5.74, 6) is -2.04. The van der Waals surface area contributed by atoms with Gasteiger partial charge >= 0.3 is 5.97 Å². The number of benzene rings is 1. The first-order chi connectivity index (χ1) is 9.22. The predicted molar refractivity (Wildman–Crippen MR) is 72.6 cm³/mol. The van der Waals surface area contributed by atoms with Crippen LogP contribution in [0.15, 0.2) is 23.1 Å². The molecule has 0 heterocycles. The third-order valence-electron chi connectivity index (χ3n) is 2.66. The fraction of sp³-hybridized carbons (Fsp3) is 0.417. The Kier molecular flexibility index (Phi) is 5.91. The monoisotopic (exact) mass is 323 g/mol. The zero-order valence-electron chi connectivity index (χ0n) is 10.8. The Morgan fingerprint density at radius 1 is 1.50 bits per heavy atom. The molecule has 0 amide bonds. The maximum atomic E-state index is 13.5. The van der Waals surface area contributed by atoms with Crippen molar-refractivity contribution >= 4 is 27.6 Å². The molecule has 0 saturated carbocycles. The lowest BCUT2D eigenvalue weighted by Gasteiger charge is -2.12. The van der Waals surface area contributed by atoms with Crippen molar-refractivity contribution in [3.8, 4) is 0 Å². The van der Waals surface area contributed by atoms with Crippen LogP contribution in [-0.2, 0) is 14.8 Å². The van der Waals surface area contributed by atoms with Crippen LogP contribution in [0.25, 0.3) is 0 Å². The number of hydrogen-bond acceptors (Lipinski definition) is 3. The average Bonchev–Trinajstić information content (AvgIpc) is 2.33. The molecular weight excluding hydrogens is 309 g/mol. The van der Waals surface area contributed by atoms with Crippen LogP contribution in [0.3, 0.4) is 0 Å². The van der Waals surface area contributed by atoms with Gasteiger partial charge in [-0.25, -0.2) is 17.5 Å². The summed E-state index contributed by atoms with van der Waals surface area (Å²) in [5.41, 5.74) is 0. The molecule has 0 aliphatic rings. The van der Waals surface area contributed by atoms with E-state index in [1.807, 2.05) is 0 Å². The summed E-state index contributed by atoms with van der Waals surface area (Å²) in [6.07, 6.45) is 0.291. The predicted octanol–water partition coefficient (Wildman–Crippen LogP) is 2.26. The van der Waals surface area contributed by atoms with Gasteiger partial charge in [-0.05, 0) is 30.5 Å². The van der Waals surface area contributed by atoms with E-state index in [4.69, 9.17) is 16.7 Å². The molecule has 20 heavy (non-hydrogen) atoms. The maximum absolute atomic E-state index is 13.5. The number of aliphatic carboxylic acids is 1. The van der Waals surface area contributed by atoms with Crippen LogP contribution in [-0.4, -0.2) is 26.0 Å². The van der Waals surface area contributed by atoms with Gasteiger partial charge in [0.1, 0.15) is 10.7 Å². The second-order valence-electron chi connectivity index (χ2n) is 4.46. The molecule has 0 aliphatic heterocycles. The number of carbonyl (C=O) groups is 1. The van der Waals surface area contributed by atoms with Gasteiger partial charge in [0.05, 0.1) is 0 Å². The minimum Gasteiger partial charge on any atom is -0.481 e. The van der Waals surface area contributed by atoms with E-state index in [1.54, 1.807) is 6.92 Å². The van der Waals surface area contributed by atoms with Crippen LogP contribution >= 0.6 is 11.6 Å². The standard InChI is InChI=1S/C12H15ClFNO4S/c1-8(2-5-12(16)17)7-15-20(18,19)11-4-3-9(13)6-10(11)14/h3-4,6,8,15H,2,5,7H2,1H3,(H,16,17). The Labute approximate surface area is 121 Å². The lowest BCUT2D eigenvalue weighted by molar-refractivity contribution is -0.137. The van der Waals surface area contributed by atoms with Gasteiger partial charge in [0, 0.05) is 18.0 Å². The fourth-order valence-electron chi connectivity index (χ4n) is 1.49. The lowest BCUT2D eigenvalue weighted by Crippen LogP contribution is -2.29. The molecule has 1 atom stereocenters. The van der Waals surface area contributed by atoms with E-state index in [0.29, 0.717) is 6.42 Å². The van der Waals surface area contributed by atoms with Gasteiger partial charge in [0.2, 0.25) is 10.0 Å². The van der Waals surface area contributed by atoms with E-state index in [2.05, 4.69) is 4.72 Å². The van der Waals surface area contributed by atoms with Gasteiger partial charge in [-0.15, -0.1) is 0 Å². The molecule has 1 aromatic rings. The van der Waals surface area contributed by atoms with Crippen LogP contribution in [0, 0.1) is 11.7 Å². The maximum Gasteiger partial charge on any atom is 0.303 e. The molecular formula is C12H15ClFNO4S. The molecule has 1 unspecified atom stereocenters. The van der Waals surface area contributed by atoms with E-state index < -0.39 is 26.7 Å². The lowest BCUT2D eigenvalue weighted by atomic mass is 10.1. The summed E-state index contributed by atoms with van der Waals surface area (Å²) in [6.45, 7) is 1.75. The fourth-order valence-corrected chi connectivity index (χ4v) is 2.88. The van der Waals surface area contributed by atoms with Gasteiger partial charge in [0.25, 0.3) is 0 Å². The molecule has 0 aromatic heterocycles. The van der Waals surface area contributed by atoms with Gasteiger partial charge in [-0.2, -0.15) is 0 Å². The molecule has 0 aliphatic carbocycles. The molecule has 1 aromatic carbocycles. The summed E-state index contributed by atoms with van der Waals surface area (Å²) < 4.78 is 39.6. The molecule has 0 saturated heterocycles. The average molecular weight is 324 g/mol. The number of halogens is 2. The summed E-state index contributed by atoms with van der Waals surface area (Å²) in [4.78, 5) is 9.92. The van der Waals surface area contributed by atoms with Crippen molar-refractivity contribution in [3.63, 3.8) is 0 Å². The third kappa shape index (κ3) is 5.07. The SMILES string of the molecule is CC(CCC(=O)O)CNS(=O)(=O)c1ccc(Cl)cc1F. The topological polar surface area (TPSA) is 83.5 Å². The number of carboxylic acid groups (broad SMARTS) is 1. The summed E-state index contributed by atoms with van der Waals surface area (Å²) in [6, 6.07) is 3.29. The van der Waals surface area contributed by atoms with Crippen LogP contribution in [0.2, 0.25) is 5.02 Å². The van der Waals surface area contributed by atoms with Crippen molar-refractivity contribution in [1.82, 2.24) is 4.72 Å². The molecule has 5 nitrogen and oxygen atoms in total. The highest BCUT2D eigenvalue weighted by Crippen LogP contribution is 2.19. The minimum atomic E-state index is -3.97. The number of nitrogens with one attached hydrogen (secondary N) is 1. The largest absolute Gasteiger partial charge is 0.481 e. The number of carboxylic acids is 1. The van der Waals surface area contributed by atoms with Gasteiger partial charge < -0.3 is 5.11 Å². The third-order valence-corrected chi connectivity index (χ3v) is 4.35. The molecule has 8 heteroatoms. The van der Waals surface area contributed by atoms with Crippen molar-refractivity contribution in [1.29, 1.82) is 0 Å². The Morgan fingerprint density at radius 2 is 2.15 bits per heavy atom. The van der Waals surface area contributed by atoms with Crippen molar-refractivity contribution in [2.75, 3.05) is 6.54 Å². The molecule has 2 N–H and O–H groups in total. The first-order valence-electron chi connectivity index (χ1n) is 5.89. The zero-order valence-corrected chi connectivity index (χ0v) is 12.3. The van der Waals surface area contributed by atoms with E-state index in [0.717, 1.165) is 12.1 Å². The van der Waals surface area contributed by atoms with E-state index in [9.17, 15) is 17.6 Å². The molecule has 0 bridgehead atoms. The van der Waals surface area contributed by atoms with Crippen molar-refractivity contribution in [2.45, 2.75) is 24.7 Å². The van der Waals surface area contributed by atoms with Crippen molar-refractivity contribution in [3.05, 3.63) is 29.0 Å². The normalized spacial score (nSPS) is 13.2. The Balaban J connectivity index is 2.68. The summed E-state index contributed by atoms with van der Waals surface area (Å²) in [5, 5.41) is 8.64. The van der Waals surface area contributed by atoms with Crippen LogP contribution in [0.1, 0.15) is 19.8 Å². The second kappa shape index (κ2) is 7.01. The zero-order chi connectivity index (χ0) is 15.3. The van der Waals surface area contributed by atoms with Crippen LogP contribution < -0.4 is 4.72 Å². The molecule has 0 fully saturated rings. The van der Waals surface area contributed by atoms with Gasteiger partial charge in [-0.3, -0.25) is 4.79 Å². The Hall–Kier alpha value is -1.18. The van der Waals surface area contributed by atoms with Crippen LogP contribution in [0.4, 0.5) is 4.39 Å². The second-order valence-corrected chi connectivity index (χ2v) is 6.64. The molecule has 0 spiro atoms. The van der Waals surface area contributed by atoms with Crippen molar-refractivity contribution in [2.24, 2.45) is 5.92 Å².